The molecule has 2 heterocycles. The van der Waals surface area contributed by atoms with Gasteiger partial charge in [-0.1, -0.05) is 23.8 Å². The van der Waals surface area contributed by atoms with E-state index in [1.54, 1.807) is 0 Å². The zero-order valence-electron chi connectivity index (χ0n) is 19.3. The second-order valence-electron chi connectivity index (χ2n) is 9.04. The van der Waals surface area contributed by atoms with Crippen molar-refractivity contribution >= 4 is 45.9 Å². The minimum absolute atomic E-state index is 0.0236. The van der Waals surface area contributed by atoms with Gasteiger partial charge in [0.15, 0.2) is 5.17 Å². The Hall–Kier alpha value is -2.79. The van der Waals surface area contributed by atoms with Crippen LogP contribution >= 0.6 is 11.8 Å². The van der Waals surface area contributed by atoms with Gasteiger partial charge in [0.25, 0.3) is 5.91 Å². The standard InChI is InChI=1S/C26H29N3OS/c1-15-8-9-21(17(3)10-15)27-25-28-24(30)23(31-25)13-19-12-20-18(4)14-26(5,6)29(7)22(20)11-16(19)2/h8-14H,1-7H3,(H,27,28,30)/b23-13-. The number of likely N-dealkylation sites (N-methyl/N-ethyl adjacent to an activating group) is 1. The van der Waals surface area contributed by atoms with E-state index in [1.807, 2.05) is 25.1 Å². The zero-order chi connectivity index (χ0) is 22.5. The molecule has 2 aliphatic rings. The van der Waals surface area contributed by atoms with Crippen LogP contribution in [0.1, 0.15) is 48.6 Å². The molecule has 0 saturated carbocycles. The van der Waals surface area contributed by atoms with Crippen LogP contribution in [0.3, 0.4) is 0 Å². The fourth-order valence-corrected chi connectivity index (χ4v) is 4.96. The van der Waals surface area contributed by atoms with E-state index in [-0.39, 0.29) is 11.4 Å². The third-order valence-electron chi connectivity index (χ3n) is 6.12. The Morgan fingerprint density at radius 2 is 1.81 bits per heavy atom. The number of thioether (sulfide) groups is 1. The van der Waals surface area contributed by atoms with E-state index >= 15 is 0 Å². The van der Waals surface area contributed by atoms with E-state index in [1.165, 1.54) is 34.1 Å². The van der Waals surface area contributed by atoms with Gasteiger partial charge in [-0.05, 0) is 99.8 Å². The number of hydrogen-bond donors (Lipinski definition) is 1. The lowest BCUT2D eigenvalue weighted by atomic mass is 9.87. The van der Waals surface area contributed by atoms with Gasteiger partial charge in [0.2, 0.25) is 0 Å². The van der Waals surface area contributed by atoms with Crippen molar-refractivity contribution in [2.24, 2.45) is 4.99 Å². The summed E-state index contributed by atoms with van der Waals surface area (Å²) in [5, 5.41) is 3.53. The molecule has 5 heteroatoms. The highest BCUT2D eigenvalue weighted by molar-refractivity contribution is 8.18. The lowest BCUT2D eigenvalue weighted by Crippen LogP contribution is -2.42. The molecule has 1 amide bonds. The maximum Gasteiger partial charge on any atom is 0.264 e. The van der Waals surface area contributed by atoms with Gasteiger partial charge >= 0.3 is 0 Å². The molecule has 0 spiro atoms. The number of amides is 1. The summed E-state index contributed by atoms with van der Waals surface area (Å²) in [6.45, 7) is 12.8. The van der Waals surface area contributed by atoms with Crippen LogP contribution in [0.25, 0.3) is 11.6 Å². The number of aryl methyl sites for hydroxylation is 3. The average molecular weight is 432 g/mol. The Kier molecular flexibility index (Phi) is 5.34. The summed E-state index contributed by atoms with van der Waals surface area (Å²) >= 11 is 1.39. The predicted molar refractivity (Wildman–Crippen MR) is 134 cm³/mol. The van der Waals surface area contributed by atoms with Crippen molar-refractivity contribution in [3.05, 3.63) is 69.1 Å². The topological polar surface area (TPSA) is 44.7 Å². The Bertz CT molecular complexity index is 1190. The predicted octanol–water partition coefficient (Wildman–Crippen LogP) is 6.14. The number of anilines is 1. The monoisotopic (exact) mass is 431 g/mol. The van der Waals surface area contributed by atoms with Crippen molar-refractivity contribution in [2.45, 2.75) is 47.1 Å². The Morgan fingerprint density at radius 1 is 1.06 bits per heavy atom. The van der Waals surface area contributed by atoms with Gasteiger partial charge in [0, 0.05) is 18.3 Å². The summed E-state index contributed by atoms with van der Waals surface area (Å²) in [6.07, 6.45) is 4.28. The maximum absolute atomic E-state index is 12.6. The van der Waals surface area contributed by atoms with Crippen LogP contribution in [0.15, 0.2) is 46.3 Å². The van der Waals surface area contributed by atoms with Crippen molar-refractivity contribution in [1.29, 1.82) is 0 Å². The van der Waals surface area contributed by atoms with E-state index in [4.69, 9.17) is 0 Å². The molecule has 1 saturated heterocycles. The minimum Gasteiger partial charge on any atom is -0.365 e. The number of carbonyl (C=O) groups excluding carboxylic acids is 1. The molecular weight excluding hydrogens is 402 g/mol. The summed E-state index contributed by atoms with van der Waals surface area (Å²) in [6, 6.07) is 10.6. The lowest BCUT2D eigenvalue weighted by Gasteiger charge is -2.41. The third kappa shape index (κ3) is 4.07. The van der Waals surface area contributed by atoms with Crippen molar-refractivity contribution in [3.63, 3.8) is 0 Å². The van der Waals surface area contributed by atoms with E-state index in [2.05, 4.69) is 81.2 Å². The summed E-state index contributed by atoms with van der Waals surface area (Å²) in [5.74, 6) is -0.101. The molecular formula is C26H29N3OS. The highest BCUT2D eigenvalue weighted by atomic mass is 32.2. The second-order valence-corrected chi connectivity index (χ2v) is 10.1. The summed E-state index contributed by atoms with van der Waals surface area (Å²) in [5.41, 5.74) is 9.07. The highest BCUT2D eigenvalue weighted by Crippen LogP contribution is 2.40. The van der Waals surface area contributed by atoms with Crippen LogP contribution < -0.4 is 10.2 Å². The summed E-state index contributed by atoms with van der Waals surface area (Å²) < 4.78 is 0. The number of rotatable bonds is 2. The smallest absolute Gasteiger partial charge is 0.264 e. The molecule has 0 radical (unpaired) electrons. The minimum atomic E-state index is -0.101. The third-order valence-corrected chi connectivity index (χ3v) is 7.03. The van der Waals surface area contributed by atoms with E-state index < -0.39 is 0 Å². The first-order chi connectivity index (χ1) is 14.5. The molecule has 160 valence electrons. The van der Waals surface area contributed by atoms with Gasteiger partial charge in [-0.25, -0.2) is 4.99 Å². The summed E-state index contributed by atoms with van der Waals surface area (Å²) in [4.78, 5) is 20.3. The average Bonchev–Trinajstić information content (AvgIpc) is 3.02. The zero-order valence-corrected chi connectivity index (χ0v) is 20.1. The number of hydrogen-bond acceptors (Lipinski definition) is 4. The number of benzene rings is 2. The number of carbonyl (C=O) groups is 1. The van der Waals surface area contributed by atoms with Gasteiger partial charge in [-0.3, -0.25) is 4.79 Å². The van der Waals surface area contributed by atoms with Gasteiger partial charge in [0.1, 0.15) is 0 Å². The van der Waals surface area contributed by atoms with E-state index in [9.17, 15) is 4.79 Å². The fraction of sp³-hybridized carbons (Fsp3) is 0.308. The Balaban J connectivity index is 1.67. The largest absolute Gasteiger partial charge is 0.365 e. The van der Waals surface area contributed by atoms with Gasteiger partial charge in [0.05, 0.1) is 16.1 Å². The quantitative estimate of drug-likeness (QED) is 0.581. The van der Waals surface area contributed by atoms with Crippen molar-refractivity contribution in [3.8, 4) is 0 Å². The molecule has 31 heavy (non-hydrogen) atoms. The number of nitrogens with zero attached hydrogens (tertiary/aromatic N) is 2. The lowest BCUT2D eigenvalue weighted by molar-refractivity contribution is -0.115. The Morgan fingerprint density at radius 3 is 2.52 bits per heavy atom. The molecule has 0 bridgehead atoms. The maximum atomic E-state index is 12.6. The number of amidine groups is 1. The SMILES string of the molecule is CC1=CC(C)(C)N(C)c2cc(C)c(/C=C3\SC(=Nc4ccc(C)cc4C)NC3=O)cc21. The molecule has 1 fully saturated rings. The summed E-state index contributed by atoms with van der Waals surface area (Å²) in [7, 11) is 2.13. The normalized spacial score (nSPS) is 20.2. The molecule has 4 rings (SSSR count). The van der Waals surface area contributed by atoms with Crippen LogP contribution in [0.2, 0.25) is 0 Å². The van der Waals surface area contributed by atoms with Gasteiger partial charge in [-0.2, -0.15) is 0 Å². The molecule has 0 aliphatic carbocycles. The van der Waals surface area contributed by atoms with Gasteiger partial charge in [-0.15, -0.1) is 0 Å². The van der Waals surface area contributed by atoms with Crippen LogP contribution in [-0.2, 0) is 4.79 Å². The van der Waals surface area contributed by atoms with Gasteiger partial charge < -0.3 is 10.2 Å². The van der Waals surface area contributed by atoms with Crippen LogP contribution in [0.4, 0.5) is 11.4 Å². The van der Waals surface area contributed by atoms with E-state index in [0.29, 0.717) is 10.1 Å². The first kappa shape index (κ1) is 21.4. The molecule has 2 aromatic rings. The first-order valence-electron chi connectivity index (χ1n) is 10.5. The van der Waals surface area contributed by atoms with Crippen molar-refractivity contribution in [1.82, 2.24) is 5.32 Å². The molecule has 0 atom stereocenters. The second kappa shape index (κ2) is 7.72. The molecule has 1 N–H and O–H groups in total. The van der Waals surface area contributed by atoms with Crippen molar-refractivity contribution < 1.29 is 4.79 Å². The number of nitrogens with one attached hydrogen (secondary N) is 1. The molecule has 4 nitrogen and oxygen atoms in total. The van der Waals surface area contributed by atoms with E-state index in [0.717, 1.165) is 22.4 Å². The number of aliphatic imine (C=N–C) groups is 1. The van der Waals surface area contributed by atoms with Crippen LogP contribution in [0, 0.1) is 20.8 Å². The number of fused-ring (bicyclic) bond motifs is 1. The number of allylic oxidation sites excluding steroid dienone is 1. The van der Waals surface area contributed by atoms with Crippen LogP contribution in [-0.4, -0.2) is 23.7 Å². The fourth-order valence-electron chi connectivity index (χ4n) is 4.14. The first-order valence-corrected chi connectivity index (χ1v) is 11.3. The Labute approximate surface area is 189 Å². The molecule has 2 aromatic carbocycles. The van der Waals surface area contributed by atoms with Crippen LogP contribution in [0.5, 0.6) is 0 Å². The molecule has 0 unspecified atom stereocenters. The molecule has 2 aliphatic heterocycles. The highest BCUT2D eigenvalue weighted by Gasteiger charge is 2.29. The van der Waals surface area contributed by atoms with Crippen molar-refractivity contribution in [2.75, 3.05) is 11.9 Å². The molecule has 0 aromatic heterocycles.